The lowest BCUT2D eigenvalue weighted by molar-refractivity contribution is -0.125. The zero-order valence-corrected chi connectivity index (χ0v) is 15.9. The van der Waals surface area contributed by atoms with Crippen molar-refractivity contribution in [3.63, 3.8) is 0 Å². The largest absolute Gasteiger partial charge is 0.326 e. The molecule has 138 valence electrons. The smallest absolute Gasteiger partial charge is 0.229 e. The average molecular weight is 365 g/mol. The molecule has 1 aromatic carbocycles. The van der Waals surface area contributed by atoms with E-state index in [-0.39, 0.29) is 23.6 Å². The van der Waals surface area contributed by atoms with Crippen molar-refractivity contribution in [2.24, 2.45) is 11.8 Å². The number of rotatable bonds is 6. The van der Waals surface area contributed by atoms with Crippen molar-refractivity contribution in [2.75, 3.05) is 17.6 Å². The van der Waals surface area contributed by atoms with Crippen molar-refractivity contribution in [2.45, 2.75) is 52.0 Å². The van der Waals surface area contributed by atoms with Crippen LogP contribution in [0.5, 0.6) is 0 Å². The van der Waals surface area contributed by atoms with Gasteiger partial charge in [-0.15, -0.1) is 0 Å². The number of benzene rings is 1. The zero-order valence-electron chi connectivity index (χ0n) is 15.1. The van der Waals surface area contributed by atoms with Gasteiger partial charge in [0.2, 0.25) is 15.9 Å². The minimum absolute atomic E-state index is 0.0473. The van der Waals surface area contributed by atoms with Gasteiger partial charge >= 0.3 is 0 Å². The van der Waals surface area contributed by atoms with Gasteiger partial charge in [-0.1, -0.05) is 31.0 Å². The molecule has 3 aliphatic rings. The highest BCUT2D eigenvalue weighted by Crippen LogP contribution is 2.41. The van der Waals surface area contributed by atoms with Gasteiger partial charge in [-0.3, -0.25) is 4.79 Å². The number of sulfonamides is 1. The molecule has 2 heterocycles. The maximum atomic E-state index is 12.8. The van der Waals surface area contributed by atoms with E-state index in [0.717, 1.165) is 36.9 Å². The number of fused-ring (bicyclic) bond motifs is 3. The first-order valence-electron chi connectivity index (χ1n) is 9.27. The van der Waals surface area contributed by atoms with Crippen molar-refractivity contribution in [3.8, 4) is 0 Å². The minimum Gasteiger partial charge on any atom is -0.326 e. The first-order valence-corrected chi connectivity index (χ1v) is 10.9. The Morgan fingerprint density at radius 2 is 1.96 bits per heavy atom. The second kappa shape index (κ2) is 7.46. The van der Waals surface area contributed by atoms with Crippen LogP contribution in [-0.4, -0.2) is 37.0 Å². The quantitative estimate of drug-likeness (QED) is 0.843. The molecule has 1 aliphatic carbocycles. The first kappa shape index (κ1) is 18.4. The molecule has 0 unspecified atom stereocenters. The molecule has 1 N–H and O–H groups in total. The van der Waals surface area contributed by atoms with Crippen molar-refractivity contribution in [3.05, 3.63) is 29.8 Å². The number of amides is 1. The second-order valence-electron chi connectivity index (χ2n) is 7.45. The zero-order chi connectivity index (χ0) is 18.0. The van der Waals surface area contributed by atoms with E-state index in [2.05, 4.69) is 5.32 Å². The second-order valence-corrected chi connectivity index (χ2v) is 9.49. The Kier molecular flexibility index (Phi) is 5.49. The fraction of sp³-hybridized carbons (Fsp3) is 0.632. The highest BCUT2D eigenvalue weighted by atomic mass is 32.2. The molecule has 4 rings (SSSR count). The fourth-order valence-corrected chi connectivity index (χ4v) is 6.05. The highest BCUT2D eigenvalue weighted by Gasteiger charge is 2.47. The minimum atomic E-state index is -3.27. The molecule has 2 saturated heterocycles. The van der Waals surface area contributed by atoms with E-state index >= 15 is 0 Å². The summed E-state index contributed by atoms with van der Waals surface area (Å²) in [4.78, 5) is 12.8. The summed E-state index contributed by atoms with van der Waals surface area (Å²) in [6.45, 7) is 4.59. The number of hydrogen-bond acceptors (Lipinski definition) is 3. The number of carbonyl (C=O) groups is 1. The first-order chi connectivity index (χ1) is 11.9. The van der Waals surface area contributed by atoms with E-state index in [9.17, 15) is 13.2 Å². The molecule has 2 bridgehead atoms. The predicted octanol–water partition coefficient (Wildman–Crippen LogP) is 3.16. The number of piperidine rings is 2. The van der Waals surface area contributed by atoms with Gasteiger partial charge in [0.15, 0.2) is 0 Å². The number of nitrogens with zero attached hydrogens (tertiary/aromatic N) is 1. The van der Waals surface area contributed by atoms with Gasteiger partial charge in [-0.25, -0.2) is 8.42 Å². The maximum absolute atomic E-state index is 12.8. The predicted molar refractivity (Wildman–Crippen MR) is 99.8 cm³/mol. The Balaban J connectivity index is 1.73. The van der Waals surface area contributed by atoms with E-state index < -0.39 is 10.0 Å². The molecule has 3 fully saturated rings. The molecule has 1 aromatic rings. The van der Waals surface area contributed by atoms with E-state index in [1.165, 1.54) is 0 Å². The van der Waals surface area contributed by atoms with Crippen LogP contribution in [-0.2, 0) is 14.8 Å². The van der Waals surface area contributed by atoms with Gasteiger partial charge in [0.05, 0.1) is 11.7 Å². The van der Waals surface area contributed by atoms with Gasteiger partial charge in [0.25, 0.3) is 0 Å². The van der Waals surface area contributed by atoms with E-state index in [1.807, 2.05) is 38.1 Å². The SMILES string of the molecule is CCCCS(=O)(=O)N1C[C@H]2CC[C@@H]1[C@H](C(=O)Nc1ccc(C)cc1)C2. The number of unbranched alkanes of at least 4 members (excludes halogenated alkanes) is 1. The van der Waals surface area contributed by atoms with Crippen LogP contribution in [0.1, 0.15) is 44.6 Å². The highest BCUT2D eigenvalue weighted by molar-refractivity contribution is 7.89. The van der Waals surface area contributed by atoms with Crippen LogP contribution < -0.4 is 5.32 Å². The Labute approximate surface area is 150 Å². The third kappa shape index (κ3) is 4.06. The molecule has 0 aromatic heterocycles. The molecule has 5 nitrogen and oxygen atoms in total. The van der Waals surface area contributed by atoms with Gasteiger partial charge < -0.3 is 5.32 Å². The van der Waals surface area contributed by atoms with Crippen molar-refractivity contribution in [1.82, 2.24) is 4.31 Å². The van der Waals surface area contributed by atoms with Crippen LogP contribution in [0.4, 0.5) is 5.69 Å². The molecule has 6 heteroatoms. The lowest BCUT2D eigenvalue weighted by atomic mass is 9.73. The third-order valence-electron chi connectivity index (χ3n) is 5.50. The molecular weight excluding hydrogens is 336 g/mol. The summed E-state index contributed by atoms with van der Waals surface area (Å²) in [5.74, 6) is 0.202. The van der Waals surface area contributed by atoms with E-state index in [1.54, 1.807) is 4.31 Å². The van der Waals surface area contributed by atoms with Crippen LogP contribution in [0.25, 0.3) is 0 Å². The van der Waals surface area contributed by atoms with Crippen LogP contribution >= 0.6 is 0 Å². The van der Waals surface area contributed by atoms with Crippen molar-refractivity contribution in [1.29, 1.82) is 0 Å². The summed E-state index contributed by atoms with van der Waals surface area (Å²) in [5, 5.41) is 2.98. The Morgan fingerprint density at radius 3 is 2.60 bits per heavy atom. The van der Waals surface area contributed by atoms with Gasteiger partial charge in [0, 0.05) is 18.3 Å². The van der Waals surface area contributed by atoms with Crippen LogP contribution in [0.15, 0.2) is 24.3 Å². The van der Waals surface area contributed by atoms with Crippen LogP contribution in [0, 0.1) is 18.8 Å². The summed E-state index contributed by atoms with van der Waals surface area (Å²) in [6.07, 6.45) is 4.15. The van der Waals surface area contributed by atoms with Gasteiger partial charge in [-0.2, -0.15) is 4.31 Å². The normalized spacial score (nSPS) is 26.6. The third-order valence-corrected chi connectivity index (χ3v) is 7.44. The fourth-order valence-electron chi connectivity index (χ4n) is 4.06. The Bertz CT molecular complexity index is 715. The summed E-state index contributed by atoms with van der Waals surface area (Å²) < 4.78 is 27.0. The molecule has 3 atom stereocenters. The molecule has 1 amide bonds. The molecule has 2 aliphatic heterocycles. The summed E-state index contributed by atoms with van der Waals surface area (Å²) in [6, 6.07) is 7.53. The Morgan fingerprint density at radius 1 is 1.24 bits per heavy atom. The number of hydrogen-bond donors (Lipinski definition) is 1. The topological polar surface area (TPSA) is 66.5 Å². The molecule has 1 saturated carbocycles. The summed E-state index contributed by atoms with van der Waals surface area (Å²) >= 11 is 0. The van der Waals surface area contributed by atoms with Gasteiger partial charge in [-0.05, 0) is 50.7 Å². The molecule has 25 heavy (non-hydrogen) atoms. The van der Waals surface area contributed by atoms with Crippen LogP contribution in [0.3, 0.4) is 0 Å². The molecule has 0 radical (unpaired) electrons. The van der Waals surface area contributed by atoms with Gasteiger partial charge in [0.1, 0.15) is 0 Å². The van der Waals surface area contributed by atoms with E-state index in [4.69, 9.17) is 0 Å². The number of anilines is 1. The summed E-state index contributed by atoms with van der Waals surface area (Å²) in [5.41, 5.74) is 1.92. The van der Waals surface area contributed by atoms with Crippen LogP contribution in [0.2, 0.25) is 0 Å². The number of nitrogens with one attached hydrogen (secondary N) is 1. The molecular formula is C19H28N2O3S. The average Bonchev–Trinajstić information content (AvgIpc) is 2.62. The summed E-state index contributed by atoms with van der Waals surface area (Å²) in [7, 11) is -3.27. The molecule has 0 spiro atoms. The monoisotopic (exact) mass is 364 g/mol. The lowest BCUT2D eigenvalue weighted by Gasteiger charge is -2.48. The van der Waals surface area contributed by atoms with Crippen molar-refractivity contribution < 1.29 is 13.2 Å². The van der Waals surface area contributed by atoms with Crippen molar-refractivity contribution >= 4 is 21.6 Å². The maximum Gasteiger partial charge on any atom is 0.229 e. The lowest BCUT2D eigenvalue weighted by Crippen LogP contribution is -2.58. The number of aryl methyl sites for hydroxylation is 1. The Hall–Kier alpha value is -1.40. The standard InChI is InChI=1S/C19H28N2O3S/c1-3-4-11-25(23,24)21-13-15-7-10-18(21)17(12-15)19(22)20-16-8-5-14(2)6-9-16/h5-6,8-9,15,17-18H,3-4,7,10-13H2,1-2H3,(H,20,22)/t15-,17+,18+/m0/s1. The number of carbonyl (C=O) groups excluding carboxylic acids is 1. The van der Waals surface area contributed by atoms with E-state index in [0.29, 0.717) is 18.9 Å².